The first kappa shape index (κ1) is 22.1. The summed E-state index contributed by atoms with van der Waals surface area (Å²) in [4.78, 5) is 35.5. The second-order valence-corrected chi connectivity index (χ2v) is 9.63. The topological polar surface area (TPSA) is 95.3 Å². The number of nitrogens with one attached hydrogen (secondary N) is 1. The average molecular weight is 493 g/mol. The molecular weight excluding hydrogens is 472 g/mol. The molecule has 1 N–H and O–H groups in total. The Labute approximate surface area is 202 Å². The number of nitrogens with zero attached hydrogens (tertiary/aromatic N) is 3. The summed E-state index contributed by atoms with van der Waals surface area (Å²) in [6, 6.07) is 11.0. The predicted molar refractivity (Wildman–Crippen MR) is 135 cm³/mol. The molecule has 0 saturated carbocycles. The van der Waals surface area contributed by atoms with Crippen LogP contribution in [-0.4, -0.2) is 34.7 Å². The van der Waals surface area contributed by atoms with Crippen LogP contribution in [0.5, 0.6) is 11.5 Å². The number of rotatable bonds is 6. The van der Waals surface area contributed by atoms with Crippen LogP contribution in [0.1, 0.15) is 5.01 Å². The van der Waals surface area contributed by atoms with E-state index in [1.165, 1.54) is 22.2 Å². The molecule has 0 aliphatic heterocycles. The molecule has 3 heterocycles. The van der Waals surface area contributed by atoms with Crippen molar-refractivity contribution in [1.29, 1.82) is 0 Å². The zero-order valence-electron chi connectivity index (χ0n) is 18.6. The maximum absolute atomic E-state index is 13.3. The average Bonchev–Trinajstić information content (AvgIpc) is 3.43. The molecule has 5 aromatic rings. The van der Waals surface area contributed by atoms with Crippen LogP contribution < -0.4 is 20.3 Å². The third-order valence-corrected chi connectivity index (χ3v) is 7.17. The number of benzene rings is 2. The Balaban J connectivity index is 1.44. The molecule has 0 aliphatic rings. The molecule has 0 atom stereocenters. The Kier molecular flexibility index (Phi) is 5.76. The maximum atomic E-state index is 13.3. The number of anilines is 1. The molecule has 0 bridgehead atoms. The Morgan fingerprint density at radius 2 is 1.94 bits per heavy atom. The molecule has 34 heavy (non-hydrogen) atoms. The molecule has 0 spiro atoms. The lowest BCUT2D eigenvalue weighted by molar-refractivity contribution is -0.116. The summed E-state index contributed by atoms with van der Waals surface area (Å²) in [5.41, 5.74) is 2.81. The summed E-state index contributed by atoms with van der Waals surface area (Å²) in [5, 5.41) is 6.18. The molecule has 0 saturated heterocycles. The van der Waals surface area contributed by atoms with Gasteiger partial charge in [0.1, 0.15) is 11.4 Å². The number of methoxy groups -OCH3 is 2. The van der Waals surface area contributed by atoms with Crippen molar-refractivity contribution in [1.82, 2.24) is 14.5 Å². The highest BCUT2D eigenvalue weighted by atomic mass is 32.1. The Hall–Kier alpha value is -3.76. The van der Waals surface area contributed by atoms with Crippen LogP contribution in [-0.2, 0) is 11.3 Å². The van der Waals surface area contributed by atoms with Gasteiger partial charge in [0.05, 0.1) is 41.2 Å². The fourth-order valence-corrected chi connectivity index (χ4v) is 5.54. The highest BCUT2D eigenvalue weighted by Crippen LogP contribution is 2.36. The Morgan fingerprint density at radius 3 is 2.74 bits per heavy atom. The van der Waals surface area contributed by atoms with E-state index in [0.717, 1.165) is 26.4 Å². The lowest BCUT2D eigenvalue weighted by Crippen LogP contribution is -2.27. The van der Waals surface area contributed by atoms with E-state index >= 15 is 0 Å². The highest BCUT2D eigenvalue weighted by Gasteiger charge is 2.16. The summed E-state index contributed by atoms with van der Waals surface area (Å²) < 4.78 is 13.0. The van der Waals surface area contributed by atoms with E-state index in [9.17, 15) is 9.59 Å². The standard InChI is InChI=1S/C24H20N4O4S2/c1-13-26-17-6-5-15(9-20(17)34-13)27-21(29)10-28-12-25-23-22(24(28)30)16(11-33-23)14-4-7-18(31-2)19(8-14)32-3/h4-9,11-12H,10H2,1-3H3,(H,27,29). The van der Waals surface area contributed by atoms with E-state index in [2.05, 4.69) is 15.3 Å². The van der Waals surface area contributed by atoms with E-state index in [4.69, 9.17) is 9.47 Å². The van der Waals surface area contributed by atoms with Crippen LogP contribution in [0, 0.1) is 6.92 Å². The quantitative estimate of drug-likeness (QED) is 0.369. The van der Waals surface area contributed by atoms with Gasteiger partial charge in [0.15, 0.2) is 11.5 Å². The molecule has 3 aromatic heterocycles. The van der Waals surface area contributed by atoms with E-state index in [1.807, 2.05) is 36.6 Å². The number of aromatic nitrogens is 3. The summed E-state index contributed by atoms with van der Waals surface area (Å²) in [6.07, 6.45) is 1.41. The van der Waals surface area contributed by atoms with Gasteiger partial charge in [-0.3, -0.25) is 14.2 Å². The van der Waals surface area contributed by atoms with Gasteiger partial charge in [-0.15, -0.1) is 22.7 Å². The molecule has 1 amide bonds. The maximum Gasteiger partial charge on any atom is 0.263 e. The number of ether oxygens (including phenoxy) is 2. The molecule has 2 aromatic carbocycles. The van der Waals surface area contributed by atoms with E-state index in [1.54, 1.807) is 37.7 Å². The van der Waals surface area contributed by atoms with Crippen molar-refractivity contribution in [2.75, 3.05) is 19.5 Å². The van der Waals surface area contributed by atoms with Gasteiger partial charge in [0.25, 0.3) is 5.56 Å². The lowest BCUT2D eigenvalue weighted by atomic mass is 10.1. The molecule has 0 fully saturated rings. The van der Waals surface area contributed by atoms with Gasteiger partial charge in [-0.25, -0.2) is 9.97 Å². The zero-order chi connectivity index (χ0) is 23.8. The van der Waals surface area contributed by atoms with E-state index in [0.29, 0.717) is 27.4 Å². The smallest absolute Gasteiger partial charge is 0.263 e. The number of amides is 1. The van der Waals surface area contributed by atoms with Crippen molar-refractivity contribution >= 4 is 54.7 Å². The zero-order valence-corrected chi connectivity index (χ0v) is 20.3. The lowest BCUT2D eigenvalue weighted by Gasteiger charge is -2.10. The molecule has 8 nitrogen and oxygen atoms in total. The minimum Gasteiger partial charge on any atom is -0.493 e. The van der Waals surface area contributed by atoms with Gasteiger partial charge in [0.2, 0.25) is 5.91 Å². The molecular formula is C24H20N4O4S2. The van der Waals surface area contributed by atoms with Gasteiger partial charge in [-0.1, -0.05) is 6.07 Å². The highest BCUT2D eigenvalue weighted by molar-refractivity contribution is 7.18. The number of aryl methyl sites for hydroxylation is 1. The first-order valence-corrected chi connectivity index (χ1v) is 12.0. The second kappa shape index (κ2) is 8.88. The van der Waals surface area contributed by atoms with Gasteiger partial charge in [-0.2, -0.15) is 0 Å². The second-order valence-electron chi connectivity index (χ2n) is 7.54. The third-order valence-electron chi connectivity index (χ3n) is 5.35. The summed E-state index contributed by atoms with van der Waals surface area (Å²) in [7, 11) is 3.13. The number of carbonyl (C=O) groups excluding carboxylic acids is 1. The summed E-state index contributed by atoms with van der Waals surface area (Å²) >= 11 is 2.94. The number of fused-ring (bicyclic) bond motifs is 2. The van der Waals surface area contributed by atoms with Crippen LogP contribution in [0.25, 0.3) is 31.6 Å². The molecule has 0 aliphatic carbocycles. The SMILES string of the molecule is COc1ccc(-c2csc3ncn(CC(=O)Nc4ccc5nc(C)sc5c4)c(=O)c23)cc1OC. The fourth-order valence-electron chi connectivity index (χ4n) is 3.77. The van der Waals surface area contributed by atoms with Crippen LogP contribution in [0.15, 0.2) is 52.9 Å². The monoisotopic (exact) mass is 492 g/mol. The minimum atomic E-state index is -0.313. The van der Waals surface area contributed by atoms with Crippen molar-refractivity contribution in [3.8, 4) is 22.6 Å². The van der Waals surface area contributed by atoms with Gasteiger partial charge in [0, 0.05) is 16.6 Å². The molecule has 10 heteroatoms. The summed E-state index contributed by atoms with van der Waals surface area (Å²) in [5.74, 6) is 0.854. The van der Waals surface area contributed by atoms with Gasteiger partial charge >= 0.3 is 0 Å². The predicted octanol–water partition coefficient (Wildman–Crippen LogP) is 4.70. The van der Waals surface area contributed by atoms with Crippen molar-refractivity contribution in [2.45, 2.75) is 13.5 Å². The molecule has 0 radical (unpaired) electrons. The van der Waals surface area contributed by atoms with Crippen molar-refractivity contribution < 1.29 is 14.3 Å². The molecule has 0 unspecified atom stereocenters. The fraction of sp³-hybridized carbons (Fsp3) is 0.167. The number of hydrogen-bond acceptors (Lipinski definition) is 8. The number of thiophene rings is 1. The van der Waals surface area contributed by atoms with Gasteiger partial charge < -0.3 is 14.8 Å². The first-order valence-electron chi connectivity index (χ1n) is 10.3. The first-order chi connectivity index (χ1) is 16.5. The van der Waals surface area contributed by atoms with Crippen LogP contribution in [0.2, 0.25) is 0 Å². The third kappa shape index (κ3) is 4.02. The van der Waals surface area contributed by atoms with Crippen LogP contribution >= 0.6 is 22.7 Å². The normalized spacial score (nSPS) is 11.1. The summed E-state index contributed by atoms with van der Waals surface area (Å²) in [6.45, 7) is 1.79. The van der Waals surface area contributed by atoms with Crippen molar-refractivity contribution in [2.24, 2.45) is 0 Å². The Morgan fingerprint density at radius 1 is 1.12 bits per heavy atom. The van der Waals surface area contributed by atoms with Crippen molar-refractivity contribution in [3.05, 3.63) is 63.5 Å². The van der Waals surface area contributed by atoms with E-state index < -0.39 is 0 Å². The number of hydrogen-bond donors (Lipinski definition) is 1. The largest absolute Gasteiger partial charge is 0.493 e. The van der Waals surface area contributed by atoms with Gasteiger partial charge in [-0.05, 0) is 42.8 Å². The number of thiazole rings is 1. The van der Waals surface area contributed by atoms with E-state index in [-0.39, 0.29) is 18.0 Å². The minimum absolute atomic E-state index is 0.150. The van der Waals surface area contributed by atoms with Crippen molar-refractivity contribution in [3.63, 3.8) is 0 Å². The number of carbonyl (C=O) groups is 1. The van der Waals surface area contributed by atoms with Crippen LogP contribution in [0.3, 0.4) is 0 Å². The molecule has 172 valence electrons. The molecule has 5 rings (SSSR count). The Bertz CT molecular complexity index is 1600. The van der Waals surface area contributed by atoms with Crippen LogP contribution in [0.4, 0.5) is 5.69 Å².